The lowest BCUT2D eigenvalue weighted by molar-refractivity contribution is -0.0524. The number of halogens is 1. The number of nitrogen functional groups attached to an aromatic ring is 1. The SMILES string of the molecule is Nc1nc(=O)n([C@@H]2O[C@H](COP(=O)(O)OP(=O)(O)OP(=O)(O)O)C[C@H]2O)cc1I. The zero-order valence-corrected chi connectivity index (χ0v) is 18.8. The predicted octanol–water partition coefficient (Wildman–Crippen LogP) is -0.578. The molecule has 0 radical (unpaired) electrons. The van der Waals surface area contributed by atoms with Crippen LogP contribution in [-0.2, 0) is 31.6 Å². The van der Waals surface area contributed by atoms with Crippen molar-refractivity contribution in [2.24, 2.45) is 0 Å². The van der Waals surface area contributed by atoms with Crippen molar-refractivity contribution >= 4 is 51.9 Å². The molecule has 1 aliphatic heterocycles. The Morgan fingerprint density at radius 1 is 1.24 bits per heavy atom. The maximum atomic E-state index is 11.9. The second kappa shape index (κ2) is 9.08. The Balaban J connectivity index is 2.01. The normalized spacial score (nSPS) is 26.8. The summed E-state index contributed by atoms with van der Waals surface area (Å²) in [5, 5.41) is 10.1. The summed E-state index contributed by atoms with van der Waals surface area (Å²) in [4.78, 5) is 50.9. The van der Waals surface area contributed by atoms with E-state index < -0.39 is 54.2 Å². The van der Waals surface area contributed by atoms with Crippen LogP contribution in [0.15, 0.2) is 11.0 Å². The van der Waals surface area contributed by atoms with E-state index in [9.17, 15) is 28.5 Å². The van der Waals surface area contributed by atoms with Gasteiger partial charge >= 0.3 is 29.2 Å². The molecular weight excluding hydrogens is 578 g/mol. The molecule has 5 atom stereocenters. The van der Waals surface area contributed by atoms with Crippen LogP contribution in [-0.4, -0.2) is 53.0 Å². The molecule has 1 aromatic heterocycles. The minimum absolute atomic E-state index is 0.0245. The van der Waals surface area contributed by atoms with Crippen LogP contribution >= 0.6 is 46.1 Å². The molecule has 1 aliphatic rings. The third-order valence-corrected chi connectivity index (χ3v) is 7.85. The minimum Gasteiger partial charge on any atom is -0.388 e. The van der Waals surface area contributed by atoms with Crippen molar-refractivity contribution < 1.29 is 56.3 Å². The summed E-state index contributed by atoms with van der Waals surface area (Å²) in [6.45, 7) is -0.758. The molecule has 0 saturated carbocycles. The van der Waals surface area contributed by atoms with E-state index in [1.165, 1.54) is 6.20 Å². The van der Waals surface area contributed by atoms with Crippen LogP contribution in [0.25, 0.3) is 0 Å². The highest BCUT2D eigenvalue weighted by molar-refractivity contribution is 14.1. The Hall–Kier alpha value is -0.260. The number of aromatic nitrogens is 2. The van der Waals surface area contributed by atoms with Gasteiger partial charge in [0.15, 0.2) is 6.23 Å². The molecule has 0 spiro atoms. The first-order valence-corrected chi connectivity index (χ1v) is 12.8. The van der Waals surface area contributed by atoms with Gasteiger partial charge in [-0.15, -0.1) is 0 Å². The fraction of sp³-hybridized carbons (Fsp3) is 0.556. The van der Waals surface area contributed by atoms with Gasteiger partial charge in [-0.25, -0.2) is 18.5 Å². The molecule has 7 N–H and O–H groups in total. The molecule has 16 nitrogen and oxygen atoms in total. The van der Waals surface area contributed by atoms with Gasteiger partial charge in [0, 0.05) is 12.6 Å². The highest BCUT2D eigenvalue weighted by atomic mass is 127. The Bertz CT molecular complexity index is 965. The maximum Gasteiger partial charge on any atom is 0.490 e. The Morgan fingerprint density at radius 2 is 1.86 bits per heavy atom. The van der Waals surface area contributed by atoms with E-state index >= 15 is 0 Å². The molecule has 166 valence electrons. The number of ether oxygens (including phenoxy) is 1. The Morgan fingerprint density at radius 3 is 2.45 bits per heavy atom. The Kier molecular flexibility index (Phi) is 7.83. The van der Waals surface area contributed by atoms with Crippen LogP contribution in [0, 0.1) is 3.57 Å². The average Bonchev–Trinajstić information content (AvgIpc) is 2.86. The van der Waals surface area contributed by atoms with Crippen molar-refractivity contribution in [2.75, 3.05) is 12.3 Å². The lowest BCUT2D eigenvalue weighted by Gasteiger charge is -2.19. The number of hydrogen-bond acceptors (Lipinski definition) is 11. The summed E-state index contributed by atoms with van der Waals surface area (Å²) < 4.78 is 51.8. The number of hydrogen-bond donors (Lipinski definition) is 6. The second-order valence-corrected chi connectivity index (χ2v) is 11.1. The van der Waals surface area contributed by atoms with Crippen molar-refractivity contribution in [3.63, 3.8) is 0 Å². The third-order valence-electron chi connectivity index (χ3n) is 3.21. The van der Waals surface area contributed by atoms with Gasteiger partial charge in [0.1, 0.15) is 11.9 Å². The van der Waals surface area contributed by atoms with Crippen LogP contribution < -0.4 is 11.4 Å². The zero-order chi connectivity index (χ0) is 22.2. The third kappa shape index (κ3) is 7.43. The van der Waals surface area contributed by atoms with Gasteiger partial charge in [-0.05, 0) is 22.6 Å². The molecule has 1 aromatic rings. The molecule has 2 heterocycles. The minimum atomic E-state index is -5.64. The van der Waals surface area contributed by atoms with E-state index in [1.54, 1.807) is 22.6 Å². The largest absolute Gasteiger partial charge is 0.490 e. The van der Waals surface area contributed by atoms with Crippen LogP contribution in [0.1, 0.15) is 12.6 Å². The lowest BCUT2D eigenvalue weighted by Crippen LogP contribution is -2.32. The van der Waals surface area contributed by atoms with E-state index in [0.717, 1.165) is 4.57 Å². The first kappa shape index (κ1) is 25.0. The number of anilines is 1. The van der Waals surface area contributed by atoms with Gasteiger partial charge in [-0.1, -0.05) is 0 Å². The number of rotatable bonds is 8. The van der Waals surface area contributed by atoms with Gasteiger partial charge in [0.05, 0.1) is 16.3 Å². The molecule has 0 aromatic carbocycles. The van der Waals surface area contributed by atoms with Crippen LogP contribution in [0.2, 0.25) is 0 Å². The number of nitrogens with two attached hydrogens (primary N) is 1. The summed E-state index contributed by atoms with van der Waals surface area (Å²) in [5.41, 5.74) is 4.69. The first-order valence-electron chi connectivity index (χ1n) is 7.24. The number of nitrogens with zero attached hydrogens (tertiary/aromatic N) is 2. The average molecular weight is 593 g/mol. The van der Waals surface area contributed by atoms with Gasteiger partial charge in [0.25, 0.3) is 0 Å². The van der Waals surface area contributed by atoms with Crippen molar-refractivity contribution in [1.29, 1.82) is 0 Å². The summed E-state index contributed by atoms with van der Waals surface area (Å²) in [7, 11) is -16.5. The van der Waals surface area contributed by atoms with E-state index in [-0.39, 0.29) is 12.2 Å². The molecule has 0 amide bonds. The zero-order valence-electron chi connectivity index (χ0n) is 13.9. The second-order valence-electron chi connectivity index (χ2n) is 5.50. The van der Waals surface area contributed by atoms with Gasteiger partial charge < -0.3 is 35.2 Å². The fourth-order valence-corrected chi connectivity index (χ4v) is 5.68. The quantitative estimate of drug-likeness (QED) is 0.163. The van der Waals surface area contributed by atoms with Crippen molar-refractivity contribution in [3.8, 4) is 0 Å². The summed E-state index contributed by atoms with van der Waals surface area (Å²) in [5.74, 6) is -0.0245. The summed E-state index contributed by atoms with van der Waals surface area (Å²) in [6, 6.07) is 0. The molecule has 2 unspecified atom stereocenters. The molecule has 1 fully saturated rings. The first-order chi connectivity index (χ1) is 13.1. The number of aliphatic hydroxyl groups is 1. The molecule has 0 aliphatic carbocycles. The van der Waals surface area contributed by atoms with Crippen molar-refractivity contribution in [1.82, 2.24) is 9.55 Å². The topological polar surface area (TPSA) is 250 Å². The summed E-state index contributed by atoms with van der Waals surface area (Å²) >= 11 is 1.80. The van der Waals surface area contributed by atoms with E-state index in [1.807, 2.05) is 0 Å². The Labute approximate surface area is 175 Å². The maximum absolute atomic E-state index is 11.9. The smallest absolute Gasteiger partial charge is 0.388 e. The van der Waals surface area contributed by atoms with Crippen molar-refractivity contribution in [2.45, 2.75) is 24.9 Å². The van der Waals surface area contributed by atoms with Crippen LogP contribution in [0.4, 0.5) is 5.82 Å². The standard InChI is InChI=1S/C9H15IN3O13P3/c10-5-2-13(9(15)12-7(5)11)8-6(14)1-4(24-8)3-23-28(19,20)26-29(21,22)25-27(16,17)18/h2,4,6,8,14H,1,3H2,(H,19,20)(H,21,22)(H2,11,12,15)(H2,16,17,18)/t4-,6+,8+/m0/s1. The van der Waals surface area contributed by atoms with E-state index in [0.29, 0.717) is 3.57 Å². The fourth-order valence-electron chi connectivity index (χ4n) is 2.21. The van der Waals surface area contributed by atoms with Crippen molar-refractivity contribution in [3.05, 3.63) is 20.3 Å². The highest BCUT2D eigenvalue weighted by Gasteiger charge is 2.42. The number of phosphoric ester groups is 1. The molecule has 2 rings (SSSR count). The van der Waals surface area contributed by atoms with E-state index in [4.69, 9.17) is 25.2 Å². The highest BCUT2D eigenvalue weighted by Crippen LogP contribution is 2.66. The van der Waals surface area contributed by atoms with Gasteiger partial charge in [-0.2, -0.15) is 13.6 Å². The van der Waals surface area contributed by atoms with Gasteiger partial charge in [0.2, 0.25) is 0 Å². The molecule has 29 heavy (non-hydrogen) atoms. The number of aliphatic hydroxyl groups excluding tert-OH is 1. The van der Waals surface area contributed by atoms with Crippen LogP contribution in [0.3, 0.4) is 0 Å². The lowest BCUT2D eigenvalue weighted by atomic mass is 10.2. The number of phosphoric acid groups is 3. The van der Waals surface area contributed by atoms with Gasteiger partial charge in [-0.3, -0.25) is 9.09 Å². The van der Waals surface area contributed by atoms with Crippen LogP contribution in [0.5, 0.6) is 0 Å². The molecule has 1 saturated heterocycles. The molecule has 0 bridgehead atoms. The van der Waals surface area contributed by atoms with E-state index in [2.05, 4.69) is 18.1 Å². The predicted molar refractivity (Wildman–Crippen MR) is 100.0 cm³/mol. The monoisotopic (exact) mass is 593 g/mol. The summed E-state index contributed by atoms with van der Waals surface area (Å²) in [6.07, 6.45) is -2.43. The molecule has 20 heteroatoms. The molecular formula is C9H15IN3O13P3.